The van der Waals surface area contributed by atoms with Gasteiger partial charge in [0.2, 0.25) is 5.91 Å². The average Bonchev–Trinajstić information content (AvgIpc) is 3.15. The Labute approximate surface area is 227 Å². The zero-order valence-corrected chi connectivity index (χ0v) is 22.8. The number of nitrogens with one attached hydrogen (secondary N) is 2. The maximum Gasteiger partial charge on any atom is 0.341 e. The summed E-state index contributed by atoms with van der Waals surface area (Å²) < 4.78 is 10.5. The second-order valence-electron chi connectivity index (χ2n) is 7.74. The van der Waals surface area contributed by atoms with Gasteiger partial charge in [0.25, 0.3) is 5.91 Å². The molecule has 0 aliphatic rings. The van der Waals surface area contributed by atoms with Crippen molar-refractivity contribution in [2.45, 2.75) is 26.7 Å². The number of anilines is 2. The summed E-state index contributed by atoms with van der Waals surface area (Å²) >= 11 is 19.1. The largest absolute Gasteiger partial charge is 0.492 e. The van der Waals surface area contributed by atoms with Crippen molar-refractivity contribution >= 4 is 74.6 Å². The van der Waals surface area contributed by atoms with E-state index in [0.29, 0.717) is 38.5 Å². The molecular weight excluding hydrogens is 547 g/mol. The molecule has 0 spiro atoms. The van der Waals surface area contributed by atoms with Crippen LogP contribution in [0.15, 0.2) is 36.4 Å². The number of halogens is 3. The van der Waals surface area contributed by atoms with Gasteiger partial charge in [-0.3, -0.25) is 9.59 Å². The molecule has 7 nitrogen and oxygen atoms in total. The van der Waals surface area contributed by atoms with E-state index in [9.17, 15) is 14.4 Å². The van der Waals surface area contributed by atoms with Crippen molar-refractivity contribution < 1.29 is 23.9 Å². The summed E-state index contributed by atoms with van der Waals surface area (Å²) in [5.41, 5.74) is 1.92. The van der Waals surface area contributed by atoms with Crippen LogP contribution in [0.2, 0.25) is 15.1 Å². The molecule has 0 radical (unpaired) electrons. The van der Waals surface area contributed by atoms with Gasteiger partial charge in [0.1, 0.15) is 10.8 Å². The number of ether oxygens (including phenoxy) is 2. The fourth-order valence-electron chi connectivity index (χ4n) is 3.22. The topological polar surface area (TPSA) is 93.7 Å². The van der Waals surface area contributed by atoms with Gasteiger partial charge in [-0.2, -0.15) is 0 Å². The number of hydrogen-bond donors (Lipinski definition) is 2. The summed E-state index contributed by atoms with van der Waals surface area (Å²) in [6, 6.07) is 10.0. The van der Waals surface area contributed by atoms with Gasteiger partial charge in [0, 0.05) is 22.2 Å². The number of hydrogen-bond acceptors (Lipinski definition) is 6. The van der Waals surface area contributed by atoms with Crippen molar-refractivity contribution in [2.75, 3.05) is 24.4 Å². The van der Waals surface area contributed by atoms with Crippen LogP contribution in [0.4, 0.5) is 10.7 Å². The Morgan fingerprint density at radius 3 is 2.39 bits per heavy atom. The van der Waals surface area contributed by atoms with Crippen LogP contribution in [0.3, 0.4) is 0 Å². The third kappa shape index (κ3) is 6.91. The van der Waals surface area contributed by atoms with Crippen molar-refractivity contribution in [2.24, 2.45) is 0 Å². The number of methoxy groups -OCH3 is 1. The molecule has 0 atom stereocenters. The van der Waals surface area contributed by atoms with Crippen molar-refractivity contribution in [3.63, 3.8) is 0 Å². The molecule has 2 amide bonds. The number of thiophene rings is 1. The van der Waals surface area contributed by atoms with Crippen LogP contribution in [0.5, 0.6) is 5.75 Å². The Balaban J connectivity index is 1.67. The minimum Gasteiger partial charge on any atom is -0.492 e. The zero-order valence-electron chi connectivity index (χ0n) is 19.7. The van der Waals surface area contributed by atoms with Crippen LogP contribution in [0.1, 0.15) is 44.0 Å². The maximum atomic E-state index is 12.9. The lowest BCUT2D eigenvalue weighted by atomic mass is 10.1. The molecular formula is C25H23Cl3N2O5S. The van der Waals surface area contributed by atoms with Gasteiger partial charge in [-0.05, 0) is 61.7 Å². The highest BCUT2D eigenvalue weighted by atomic mass is 35.5. The average molecular weight is 570 g/mol. The van der Waals surface area contributed by atoms with Gasteiger partial charge in [-0.15, -0.1) is 11.3 Å². The molecule has 36 heavy (non-hydrogen) atoms. The molecule has 190 valence electrons. The second-order valence-corrected chi connectivity index (χ2v) is 10.0. The van der Waals surface area contributed by atoms with E-state index in [1.54, 1.807) is 43.3 Å². The van der Waals surface area contributed by atoms with E-state index in [-0.39, 0.29) is 34.4 Å². The summed E-state index contributed by atoms with van der Waals surface area (Å²) in [6.45, 7) is 3.72. The van der Waals surface area contributed by atoms with E-state index in [1.807, 2.05) is 6.92 Å². The lowest BCUT2D eigenvalue weighted by Crippen LogP contribution is -2.15. The fraction of sp³-hybridized carbons (Fsp3) is 0.240. The summed E-state index contributed by atoms with van der Waals surface area (Å²) in [4.78, 5) is 38.2. The summed E-state index contributed by atoms with van der Waals surface area (Å²) in [7, 11) is 1.23. The molecule has 0 unspecified atom stereocenters. The minimum absolute atomic E-state index is 0.117. The van der Waals surface area contributed by atoms with Crippen LogP contribution >= 0.6 is 46.1 Å². The SMILES string of the molecule is COC(=O)c1c(NC(=O)CCCOc2ccc(Cl)cc2Cl)sc(C(=O)Nc2ccc(C)c(Cl)c2)c1C. The molecule has 1 aromatic heterocycles. The van der Waals surface area contributed by atoms with Crippen molar-refractivity contribution in [3.8, 4) is 5.75 Å². The Bertz CT molecular complexity index is 1310. The number of aryl methyl sites for hydroxylation is 1. The van der Waals surface area contributed by atoms with Crippen LogP contribution in [0.25, 0.3) is 0 Å². The van der Waals surface area contributed by atoms with Crippen molar-refractivity contribution in [1.82, 2.24) is 0 Å². The zero-order chi connectivity index (χ0) is 26.4. The molecule has 3 aromatic rings. The van der Waals surface area contributed by atoms with Gasteiger partial charge in [0.05, 0.1) is 29.2 Å². The first-order valence-corrected chi connectivity index (χ1v) is 12.7. The Morgan fingerprint density at radius 2 is 1.72 bits per heavy atom. The monoisotopic (exact) mass is 568 g/mol. The van der Waals surface area contributed by atoms with E-state index >= 15 is 0 Å². The van der Waals surface area contributed by atoms with Crippen molar-refractivity contribution in [3.05, 3.63) is 73.0 Å². The first-order chi connectivity index (χ1) is 17.1. The third-order valence-corrected chi connectivity index (χ3v) is 7.27. The standard InChI is InChI=1S/C25H23Cl3N2O5S/c1-13-6-8-16(12-17(13)27)29-23(32)22-14(2)21(25(33)34-3)24(36-22)30-20(31)5-4-10-35-19-9-7-15(26)11-18(19)28/h6-9,11-12H,4-5,10H2,1-3H3,(H,29,32)(H,30,31). The number of benzene rings is 2. The Hall–Kier alpha value is -2.78. The number of amides is 2. The van der Waals surface area contributed by atoms with E-state index < -0.39 is 11.9 Å². The van der Waals surface area contributed by atoms with Gasteiger partial charge >= 0.3 is 5.97 Å². The van der Waals surface area contributed by atoms with Crippen molar-refractivity contribution in [1.29, 1.82) is 0 Å². The number of rotatable bonds is 9. The third-order valence-electron chi connectivity index (χ3n) is 5.12. The van der Waals surface area contributed by atoms with Crippen LogP contribution in [-0.2, 0) is 9.53 Å². The molecule has 0 bridgehead atoms. The summed E-state index contributed by atoms with van der Waals surface area (Å²) in [6.07, 6.45) is 0.510. The van der Waals surface area contributed by atoms with Crippen LogP contribution < -0.4 is 15.4 Å². The summed E-state index contributed by atoms with van der Waals surface area (Å²) in [5, 5.41) is 7.11. The van der Waals surface area contributed by atoms with Gasteiger partial charge in [-0.25, -0.2) is 4.79 Å². The molecule has 0 aliphatic carbocycles. The molecule has 1 heterocycles. The van der Waals surface area contributed by atoms with E-state index in [0.717, 1.165) is 16.9 Å². The molecule has 11 heteroatoms. The number of carbonyl (C=O) groups is 3. The van der Waals surface area contributed by atoms with Crippen LogP contribution in [-0.4, -0.2) is 31.5 Å². The van der Waals surface area contributed by atoms with E-state index in [1.165, 1.54) is 7.11 Å². The normalized spacial score (nSPS) is 10.6. The highest BCUT2D eigenvalue weighted by molar-refractivity contribution is 7.19. The molecule has 2 N–H and O–H groups in total. The first-order valence-electron chi connectivity index (χ1n) is 10.8. The summed E-state index contributed by atoms with van der Waals surface area (Å²) in [5.74, 6) is -0.966. The molecule has 0 aliphatic heterocycles. The predicted molar refractivity (Wildman–Crippen MR) is 144 cm³/mol. The van der Waals surface area contributed by atoms with E-state index in [2.05, 4.69) is 10.6 Å². The predicted octanol–water partition coefficient (Wildman–Crippen LogP) is 7.16. The Morgan fingerprint density at radius 1 is 0.972 bits per heavy atom. The Kier molecular flexibility index (Phi) is 9.62. The fourth-order valence-corrected chi connectivity index (χ4v) is 4.97. The second kappa shape index (κ2) is 12.5. The number of carbonyl (C=O) groups excluding carboxylic acids is 3. The van der Waals surface area contributed by atoms with Crippen LogP contribution in [0, 0.1) is 13.8 Å². The molecule has 0 saturated carbocycles. The number of esters is 1. The maximum absolute atomic E-state index is 12.9. The molecule has 0 fully saturated rings. The smallest absolute Gasteiger partial charge is 0.341 e. The molecule has 3 rings (SSSR count). The van der Waals surface area contributed by atoms with E-state index in [4.69, 9.17) is 44.3 Å². The lowest BCUT2D eigenvalue weighted by Gasteiger charge is -2.09. The van der Waals surface area contributed by atoms with Gasteiger partial charge in [0.15, 0.2) is 0 Å². The molecule has 2 aromatic carbocycles. The highest BCUT2D eigenvalue weighted by Gasteiger charge is 2.26. The molecule has 0 saturated heterocycles. The van der Waals surface area contributed by atoms with Gasteiger partial charge in [-0.1, -0.05) is 40.9 Å². The lowest BCUT2D eigenvalue weighted by molar-refractivity contribution is -0.116. The highest BCUT2D eigenvalue weighted by Crippen LogP contribution is 2.35. The van der Waals surface area contributed by atoms with Gasteiger partial charge < -0.3 is 20.1 Å². The minimum atomic E-state index is -0.655. The first kappa shape index (κ1) is 27.8. The quantitative estimate of drug-likeness (QED) is 0.211.